The lowest BCUT2D eigenvalue weighted by molar-refractivity contribution is 0.359. The van der Waals surface area contributed by atoms with Gasteiger partial charge in [0.15, 0.2) is 0 Å². The Morgan fingerprint density at radius 3 is 2.60 bits per heavy atom. The molecule has 1 aliphatic carbocycles. The molecule has 0 atom stereocenters. The first-order valence-corrected chi connectivity index (χ1v) is 9.43. The number of nitrogens with zero attached hydrogens (tertiary/aromatic N) is 1. The van der Waals surface area contributed by atoms with Gasteiger partial charge in [-0.2, -0.15) is 4.31 Å². The summed E-state index contributed by atoms with van der Waals surface area (Å²) >= 11 is 1.53. The highest BCUT2D eigenvalue weighted by atomic mass is 32.2. The Hall–Kier alpha value is -0.430. The van der Waals surface area contributed by atoms with Crippen LogP contribution in [0.25, 0.3) is 0 Å². The van der Waals surface area contributed by atoms with Gasteiger partial charge in [-0.3, -0.25) is 0 Å². The summed E-state index contributed by atoms with van der Waals surface area (Å²) in [6.07, 6.45) is 1.99. The van der Waals surface area contributed by atoms with E-state index < -0.39 is 10.0 Å². The fourth-order valence-electron chi connectivity index (χ4n) is 2.40. The van der Waals surface area contributed by atoms with E-state index in [1.165, 1.54) is 11.3 Å². The molecule has 20 heavy (non-hydrogen) atoms. The van der Waals surface area contributed by atoms with Gasteiger partial charge < -0.3 is 5.32 Å². The van der Waals surface area contributed by atoms with E-state index >= 15 is 0 Å². The van der Waals surface area contributed by atoms with E-state index in [0.717, 1.165) is 23.3 Å². The van der Waals surface area contributed by atoms with Crippen molar-refractivity contribution in [2.24, 2.45) is 5.92 Å². The number of nitrogens with one attached hydrogen (secondary N) is 1. The lowest BCUT2D eigenvalue weighted by Gasteiger charge is -2.24. The molecule has 0 unspecified atom stereocenters. The summed E-state index contributed by atoms with van der Waals surface area (Å²) in [5, 5.41) is 5.01. The normalized spacial score (nSPS) is 16.3. The number of thiophene rings is 1. The average Bonchev–Trinajstić information content (AvgIpc) is 3.11. The highest BCUT2D eigenvalue weighted by Crippen LogP contribution is 2.36. The Morgan fingerprint density at radius 1 is 1.45 bits per heavy atom. The zero-order valence-corrected chi connectivity index (χ0v) is 14.3. The first-order chi connectivity index (χ1) is 9.37. The minimum atomic E-state index is -3.37. The number of hydrogen-bond donors (Lipinski definition) is 1. The summed E-state index contributed by atoms with van der Waals surface area (Å²) < 4.78 is 27.8. The van der Waals surface area contributed by atoms with Crippen molar-refractivity contribution in [2.75, 3.05) is 13.6 Å². The number of rotatable bonds is 7. The van der Waals surface area contributed by atoms with Crippen LogP contribution in [0.4, 0.5) is 0 Å². The van der Waals surface area contributed by atoms with Crippen molar-refractivity contribution in [1.82, 2.24) is 9.62 Å². The van der Waals surface area contributed by atoms with Crippen LogP contribution in [0.1, 0.15) is 37.1 Å². The molecule has 0 bridgehead atoms. The van der Waals surface area contributed by atoms with Gasteiger partial charge in [-0.05, 0) is 43.7 Å². The van der Waals surface area contributed by atoms with Gasteiger partial charge in [0.25, 0.3) is 0 Å². The number of sulfonamides is 1. The maximum absolute atomic E-state index is 13.0. The van der Waals surface area contributed by atoms with Gasteiger partial charge >= 0.3 is 0 Å². The molecule has 1 aliphatic rings. The monoisotopic (exact) mass is 316 g/mol. The fourth-order valence-corrected chi connectivity index (χ4v) is 6.02. The van der Waals surface area contributed by atoms with Crippen LogP contribution in [-0.2, 0) is 16.6 Å². The van der Waals surface area contributed by atoms with E-state index in [4.69, 9.17) is 0 Å². The summed E-state index contributed by atoms with van der Waals surface area (Å²) in [6.45, 7) is 7.25. The van der Waals surface area contributed by atoms with E-state index in [1.807, 2.05) is 19.4 Å². The Bertz CT molecular complexity index is 560. The second-order valence-electron chi connectivity index (χ2n) is 5.90. The molecule has 1 saturated carbocycles. The Morgan fingerprint density at radius 2 is 2.10 bits per heavy atom. The lowest BCUT2D eigenvalue weighted by Crippen LogP contribution is -2.36. The smallest absolute Gasteiger partial charge is 0.244 e. The van der Waals surface area contributed by atoms with Crippen LogP contribution in [0, 0.1) is 12.8 Å². The SMILES string of the molecule is CNCc1scc(C)c1S(=O)(=O)N(CC(C)C)C1CC1. The third-order valence-electron chi connectivity index (χ3n) is 3.39. The molecule has 4 nitrogen and oxygen atoms in total. The van der Waals surface area contributed by atoms with Crippen LogP contribution in [-0.4, -0.2) is 32.4 Å². The molecule has 1 aromatic rings. The summed E-state index contributed by atoms with van der Waals surface area (Å²) in [5.41, 5.74) is 0.870. The zero-order valence-electron chi connectivity index (χ0n) is 12.6. The predicted octanol–water partition coefficient (Wildman–Crippen LogP) is 2.59. The van der Waals surface area contributed by atoms with Crippen molar-refractivity contribution in [3.63, 3.8) is 0 Å². The van der Waals surface area contributed by atoms with E-state index in [2.05, 4.69) is 19.2 Å². The van der Waals surface area contributed by atoms with Gasteiger partial charge in [0, 0.05) is 24.0 Å². The molecule has 0 saturated heterocycles. The second kappa shape index (κ2) is 6.13. The van der Waals surface area contributed by atoms with Crippen molar-refractivity contribution >= 4 is 21.4 Å². The van der Waals surface area contributed by atoms with Gasteiger partial charge in [-0.15, -0.1) is 11.3 Å². The maximum atomic E-state index is 13.0. The minimum Gasteiger partial charge on any atom is -0.315 e. The third-order valence-corrected chi connectivity index (χ3v) is 6.78. The standard InChI is InChI=1S/C14H24N2O2S2/c1-10(2)8-16(12-5-6-12)20(17,18)14-11(3)9-19-13(14)7-15-4/h9-10,12,15H,5-8H2,1-4H3. The topological polar surface area (TPSA) is 49.4 Å². The van der Waals surface area contributed by atoms with E-state index in [-0.39, 0.29) is 6.04 Å². The van der Waals surface area contributed by atoms with Crippen LogP contribution in [0.15, 0.2) is 10.3 Å². The van der Waals surface area contributed by atoms with Crippen molar-refractivity contribution < 1.29 is 8.42 Å². The highest BCUT2D eigenvalue weighted by Gasteiger charge is 2.40. The lowest BCUT2D eigenvalue weighted by atomic mass is 10.2. The Balaban J connectivity index is 2.39. The van der Waals surface area contributed by atoms with Crippen molar-refractivity contribution in [2.45, 2.75) is 51.1 Å². The Kier molecular flexibility index (Phi) is 4.89. The minimum absolute atomic E-state index is 0.212. The molecule has 0 amide bonds. The van der Waals surface area contributed by atoms with E-state index in [9.17, 15) is 8.42 Å². The molecular formula is C14H24N2O2S2. The molecule has 2 rings (SSSR count). The van der Waals surface area contributed by atoms with E-state index in [0.29, 0.717) is 23.9 Å². The van der Waals surface area contributed by atoms with E-state index in [1.54, 1.807) is 4.31 Å². The van der Waals surface area contributed by atoms with Crippen molar-refractivity contribution in [3.05, 3.63) is 15.8 Å². The van der Waals surface area contributed by atoms with Crippen molar-refractivity contribution in [3.8, 4) is 0 Å². The first-order valence-electron chi connectivity index (χ1n) is 7.11. The molecule has 0 aromatic carbocycles. The molecule has 114 valence electrons. The summed E-state index contributed by atoms with van der Waals surface area (Å²) in [4.78, 5) is 1.45. The average molecular weight is 316 g/mol. The fraction of sp³-hybridized carbons (Fsp3) is 0.714. The second-order valence-corrected chi connectivity index (χ2v) is 8.69. The molecular weight excluding hydrogens is 292 g/mol. The summed E-state index contributed by atoms with van der Waals surface area (Å²) in [6, 6.07) is 0.212. The van der Waals surface area contributed by atoms with Gasteiger partial charge in [-0.25, -0.2) is 8.42 Å². The van der Waals surface area contributed by atoms with Crippen LogP contribution < -0.4 is 5.32 Å². The molecule has 0 aliphatic heterocycles. The zero-order chi connectivity index (χ0) is 14.9. The van der Waals surface area contributed by atoms with Crippen LogP contribution in [0.5, 0.6) is 0 Å². The first kappa shape index (κ1) is 15.9. The molecule has 1 aromatic heterocycles. The van der Waals surface area contributed by atoms with Crippen LogP contribution in [0.2, 0.25) is 0 Å². The molecule has 1 N–H and O–H groups in total. The van der Waals surface area contributed by atoms with Gasteiger partial charge in [-0.1, -0.05) is 13.8 Å². The predicted molar refractivity (Wildman–Crippen MR) is 83.6 cm³/mol. The summed E-state index contributed by atoms with van der Waals surface area (Å²) in [5.74, 6) is 0.345. The van der Waals surface area contributed by atoms with Crippen molar-refractivity contribution in [1.29, 1.82) is 0 Å². The van der Waals surface area contributed by atoms with Gasteiger partial charge in [0.1, 0.15) is 4.90 Å². The van der Waals surface area contributed by atoms with Crippen LogP contribution >= 0.6 is 11.3 Å². The number of hydrogen-bond acceptors (Lipinski definition) is 4. The van der Waals surface area contributed by atoms with Crippen LogP contribution in [0.3, 0.4) is 0 Å². The van der Waals surface area contributed by atoms with Gasteiger partial charge in [0.05, 0.1) is 0 Å². The molecule has 0 spiro atoms. The number of aryl methyl sites for hydroxylation is 1. The molecule has 6 heteroatoms. The molecule has 0 radical (unpaired) electrons. The Labute approximate surface area is 126 Å². The molecule has 1 fully saturated rings. The quantitative estimate of drug-likeness (QED) is 0.841. The largest absolute Gasteiger partial charge is 0.315 e. The third kappa shape index (κ3) is 3.24. The summed E-state index contributed by atoms with van der Waals surface area (Å²) in [7, 11) is -1.52. The van der Waals surface area contributed by atoms with Gasteiger partial charge in [0.2, 0.25) is 10.0 Å². The molecule has 1 heterocycles. The maximum Gasteiger partial charge on any atom is 0.244 e. The highest BCUT2D eigenvalue weighted by molar-refractivity contribution is 7.89.